The Morgan fingerprint density at radius 2 is 1.74 bits per heavy atom. The molecule has 0 saturated carbocycles. The number of morpholine rings is 1. The number of carbonyl (C=O) groups is 2. The molecule has 2 heterocycles. The molecule has 1 aliphatic heterocycles. The number of benzene rings is 2. The first-order chi connectivity index (χ1) is 14.9. The summed E-state index contributed by atoms with van der Waals surface area (Å²) in [5.74, 6) is -0.130. The molecule has 6 heteroatoms. The summed E-state index contributed by atoms with van der Waals surface area (Å²) in [6, 6.07) is 16.9. The number of fused-ring (bicyclic) bond motifs is 1. The third kappa shape index (κ3) is 4.75. The predicted octanol–water partition coefficient (Wildman–Crippen LogP) is 3.72. The lowest BCUT2D eigenvalue weighted by atomic mass is 10.1. The lowest BCUT2D eigenvalue weighted by Crippen LogP contribution is -2.48. The first kappa shape index (κ1) is 21.0. The first-order valence-corrected chi connectivity index (χ1v) is 10.6. The van der Waals surface area contributed by atoms with Gasteiger partial charge in [0.15, 0.2) is 0 Å². The Morgan fingerprint density at radius 1 is 1.06 bits per heavy atom. The SMILES string of the molecule is Cc1cc(C(=O)NCc2ccc(C(=O)N3CC(C)OC(C)C3)cc2)c2ccccc2n1. The lowest BCUT2D eigenvalue weighted by molar-refractivity contribution is -0.0586. The summed E-state index contributed by atoms with van der Waals surface area (Å²) in [5.41, 5.74) is 3.81. The monoisotopic (exact) mass is 417 g/mol. The third-order valence-electron chi connectivity index (χ3n) is 5.45. The average Bonchev–Trinajstić information content (AvgIpc) is 2.76. The fourth-order valence-electron chi connectivity index (χ4n) is 4.06. The molecule has 6 nitrogen and oxygen atoms in total. The first-order valence-electron chi connectivity index (χ1n) is 10.6. The van der Waals surface area contributed by atoms with E-state index in [1.54, 1.807) is 0 Å². The number of rotatable bonds is 4. The highest BCUT2D eigenvalue weighted by molar-refractivity contribution is 6.06. The summed E-state index contributed by atoms with van der Waals surface area (Å²) in [5, 5.41) is 3.81. The van der Waals surface area contributed by atoms with Gasteiger partial charge in [-0.3, -0.25) is 14.6 Å². The van der Waals surface area contributed by atoms with Crippen molar-refractivity contribution in [3.05, 3.63) is 77.0 Å². The molecule has 2 amide bonds. The highest BCUT2D eigenvalue weighted by Gasteiger charge is 2.26. The van der Waals surface area contributed by atoms with E-state index < -0.39 is 0 Å². The minimum absolute atomic E-state index is 0.0105. The molecule has 3 aromatic rings. The van der Waals surface area contributed by atoms with E-state index in [0.29, 0.717) is 30.8 Å². The maximum absolute atomic E-state index is 12.8. The number of aryl methyl sites for hydroxylation is 1. The Labute approximate surface area is 182 Å². The zero-order valence-corrected chi connectivity index (χ0v) is 18.1. The molecule has 1 aromatic heterocycles. The Balaban J connectivity index is 1.42. The van der Waals surface area contributed by atoms with Gasteiger partial charge in [-0.05, 0) is 50.6 Å². The van der Waals surface area contributed by atoms with Crippen molar-refractivity contribution >= 4 is 22.7 Å². The van der Waals surface area contributed by atoms with Crippen LogP contribution in [-0.2, 0) is 11.3 Å². The van der Waals surface area contributed by atoms with E-state index in [9.17, 15) is 9.59 Å². The maximum atomic E-state index is 12.8. The van der Waals surface area contributed by atoms with Crippen LogP contribution in [0.15, 0.2) is 54.6 Å². The summed E-state index contributed by atoms with van der Waals surface area (Å²) in [6.07, 6.45) is 0.0742. The highest BCUT2D eigenvalue weighted by atomic mass is 16.5. The van der Waals surface area contributed by atoms with Gasteiger partial charge in [0.2, 0.25) is 0 Å². The van der Waals surface area contributed by atoms with Crippen molar-refractivity contribution in [2.75, 3.05) is 13.1 Å². The maximum Gasteiger partial charge on any atom is 0.254 e. The highest BCUT2D eigenvalue weighted by Crippen LogP contribution is 2.19. The second-order valence-electron chi connectivity index (χ2n) is 8.18. The van der Waals surface area contributed by atoms with Gasteiger partial charge in [-0.25, -0.2) is 0 Å². The molecule has 2 atom stereocenters. The van der Waals surface area contributed by atoms with E-state index in [4.69, 9.17) is 4.74 Å². The van der Waals surface area contributed by atoms with Gasteiger partial charge in [0.05, 0.1) is 23.3 Å². The van der Waals surface area contributed by atoms with Gasteiger partial charge in [0.25, 0.3) is 11.8 Å². The van der Waals surface area contributed by atoms with Crippen LogP contribution in [0.5, 0.6) is 0 Å². The van der Waals surface area contributed by atoms with Crippen molar-refractivity contribution in [2.45, 2.75) is 39.5 Å². The Hall–Kier alpha value is -3.25. The fraction of sp³-hybridized carbons (Fsp3) is 0.320. The Bertz CT molecular complexity index is 1100. The number of ether oxygens (including phenoxy) is 1. The molecule has 1 N–H and O–H groups in total. The van der Waals surface area contributed by atoms with Gasteiger partial charge >= 0.3 is 0 Å². The summed E-state index contributed by atoms with van der Waals surface area (Å²) < 4.78 is 5.71. The number of nitrogens with zero attached hydrogens (tertiary/aromatic N) is 2. The van der Waals surface area contributed by atoms with E-state index in [1.807, 2.05) is 80.3 Å². The smallest absolute Gasteiger partial charge is 0.254 e. The van der Waals surface area contributed by atoms with Crippen LogP contribution in [0.1, 0.15) is 45.8 Å². The normalized spacial score (nSPS) is 18.7. The van der Waals surface area contributed by atoms with Crippen LogP contribution in [0.2, 0.25) is 0 Å². The van der Waals surface area contributed by atoms with Crippen molar-refractivity contribution < 1.29 is 14.3 Å². The standard InChI is InChI=1S/C25H27N3O3/c1-16-12-22(21-6-4-5-7-23(21)27-16)24(29)26-13-19-8-10-20(11-9-19)25(30)28-14-17(2)31-18(3)15-28/h4-12,17-18H,13-15H2,1-3H3,(H,26,29). The number of hydrogen-bond acceptors (Lipinski definition) is 4. The molecule has 1 aliphatic rings. The number of pyridine rings is 1. The number of hydrogen-bond donors (Lipinski definition) is 1. The quantitative estimate of drug-likeness (QED) is 0.702. The molecule has 2 unspecified atom stereocenters. The lowest BCUT2D eigenvalue weighted by Gasteiger charge is -2.35. The number of para-hydroxylation sites is 1. The molecule has 1 saturated heterocycles. The number of aromatic nitrogens is 1. The number of amides is 2. The minimum atomic E-state index is -0.141. The largest absolute Gasteiger partial charge is 0.372 e. The van der Waals surface area contributed by atoms with Gasteiger partial charge < -0.3 is 15.0 Å². The Morgan fingerprint density at radius 3 is 2.45 bits per heavy atom. The molecule has 0 radical (unpaired) electrons. The van der Waals surface area contributed by atoms with Crippen molar-refractivity contribution in [2.24, 2.45) is 0 Å². The summed E-state index contributed by atoms with van der Waals surface area (Å²) in [6.45, 7) is 7.43. The van der Waals surface area contributed by atoms with Crippen LogP contribution in [0.25, 0.3) is 10.9 Å². The van der Waals surface area contributed by atoms with E-state index in [-0.39, 0.29) is 24.0 Å². The van der Waals surface area contributed by atoms with Crippen LogP contribution in [0, 0.1) is 6.92 Å². The zero-order valence-electron chi connectivity index (χ0n) is 18.1. The summed E-state index contributed by atoms with van der Waals surface area (Å²) in [4.78, 5) is 31.9. The second-order valence-corrected chi connectivity index (χ2v) is 8.18. The van der Waals surface area contributed by atoms with Gasteiger partial charge in [-0.15, -0.1) is 0 Å². The van der Waals surface area contributed by atoms with Crippen LogP contribution in [0.3, 0.4) is 0 Å². The topological polar surface area (TPSA) is 71.5 Å². The van der Waals surface area contributed by atoms with E-state index >= 15 is 0 Å². The predicted molar refractivity (Wildman–Crippen MR) is 120 cm³/mol. The van der Waals surface area contributed by atoms with Gasteiger partial charge in [-0.1, -0.05) is 30.3 Å². The summed E-state index contributed by atoms with van der Waals surface area (Å²) in [7, 11) is 0. The molecule has 4 rings (SSSR count). The van der Waals surface area contributed by atoms with Crippen LogP contribution in [-0.4, -0.2) is 47.0 Å². The van der Waals surface area contributed by atoms with Crippen molar-refractivity contribution in [1.82, 2.24) is 15.2 Å². The molecule has 1 fully saturated rings. The van der Waals surface area contributed by atoms with E-state index in [0.717, 1.165) is 22.2 Å². The van der Waals surface area contributed by atoms with E-state index in [1.165, 1.54) is 0 Å². The molecule has 160 valence electrons. The van der Waals surface area contributed by atoms with Crippen molar-refractivity contribution in [3.8, 4) is 0 Å². The fourth-order valence-corrected chi connectivity index (χ4v) is 4.06. The molecule has 31 heavy (non-hydrogen) atoms. The van der Waals surface area contributed by atoms with Gasteiger partial charge in [0.1, 0.15) is 0 Å². The zero-order chi connectivity index (χ0) is 22.0. The van der Waals surface area contributed by atoms with E-state index in [2.05, 4.69) is 10.3 Å². The molecule has 0 bridgehead atoms. The molecular formula is C25H27N3O3. The van der Waals surface area contributed by atoms with Gasteiger partial charge in [-0.2, -0.15) is 0 Å². The third-order valence-corrected chi connectivity index (χ3v) is 5.45. The number of nitrogens with one attached hydrogen (secondary N) is 1. The average molecular weight is 418 g/mol. The van der Waals surface area contributed by atoms with Crippen LogP contribution < -0.4 is 5.32 Å². The minimum Gasteiger partial charge on any atom is -0.372 e. The molecular weight excluding hydrogens is 390 g/mol. The molecule has 2 aromatic carbocycles. The van der Waals surface area contributed by atoms with Crippen molar-refractivity contribution in [3.63, 3.8) is 0 Å². The van der Waals surface area contributed by atoms with Crippen molar-refractivity contribution in [1.29, 1.82) is 0 Å². The van der Waals surface area contributed by atoms with Crippen LogP contribution >= 0.6 is 0 Å². The van der Waals surface area contributed by atoms with Crippen LogP contribution in [0.4, 0.5) is 0 Å². The Kier molecular flexibility index (Phi) is 6.00. The number of carbonyl (C=O) groups excluding carboxylic acids is 2. The molecule has 0 spiro atoms. The second kappa shape index (κ2) is 8.86. The van der Waals surface area contributed by atoms with Gasteiger partial charge in [0, 0.05) is 36.3 Å². The summed E-state index contributed by atoms with van der Waals surface area (Å²) >= 11 is 0. The molecule has 0 aliphatic carbocycles.